The quantitative estimate of drug-likeness (QED) is 0.728. The predicted octanol–water partition coefficient (Wildman–Crippen LogP) is 1.29. The molecule has 0 spiro atoms. The van der Waals surface area contributed by atoms with Crippen molar-refractivity contribution in [3.63, 3.8) is 0 Å². The molecule has 27 heavy (non-hydrogen) atoms. The number of aryl methyl sites for hydroxylation is 1. The highest BCUT2D eigenvalue weighted by atomic mass is 32.2. The number of benzene rings is 1. The first-order chi connectivity index (χ1) is 13.1. The standard InChI is InChI=1S/C17H16N6O3S/c1-10-7-13(22-26-10)18-15(25)9-27-17-21-20-16-19-14(24)8-12(23(16)17)11-5-3-2-4-6-11/h2-8,16,20H,9H2,1H3,(H,19,24)(H,18,22,25). The van der Waals surface area contributed by atoms with Gasteiger partial charge in [-0.2, -0.15) is 5.10 Å². The normalized spacial score (nSPS) is 18.2. The lowest BCUT2D eigenvalue weighted by molar-refractivity contribution is -0.118. The summed E-state index contributed by atoms with van der Waals surface area (Å²) in [4.78, 5) is 26.0. The summed E-state index contributed by atoms with van der Waals surface area (Å²) in [5, 5.41) is 14.0. The molecule has 4 rings (SSSR count). The predicted molar refractivity (Wildman–Crippen MR) is 101 cm³/mol. The van der Waals surface area contributed by atoms with E-state index in [1.54, 1.807) is 13.0 Å². The highest BCUT2D eigenvalue weighted by Gasteiger charge is 2.36. The van der Waals surface area contributed by atoms with E-state index in [0.29, 0.717) is 22.4 Å². The van der Waals surface area contributed by atoms with Crippen molar-refractivity contribution >= 4 is 40.3 Å². The molecule has 2 aliphatic rings. The topological polar surface area (TPSA) is 112 Å². The van der Waals surface area contributed by atoms with Crippen LogP contribution in [0.3, 0.4) is 0 Å². The van der Waals surface area contributed by atoms with Crippen LogP contribution in [0.15, 0.2) is 52.1 Å². The second-order valence-corrected chi connectivity index (χ2v) is 6.80. The lowest BCUT2D eigenvalue weighted by Crippen LogP contribution is -2.53. The van der Waals surface area contributed by atoms with Crippen LogP contribution in [0.1, 0.15) is 11.3 Å². The van der Waals surface area contributed by atoms with E-state index in [2.05, 4.69) is 26.3 Å². The number of amides is 2. The minimum absolute atomic E-state index is 0.131. The molecule has 2 aliphatic heterocycles. The fourth-order valence-corrected chi connectivity index (χ4v) is 3.51. The third-order valence-corrected chi connectivity index (χ3v) is 4.80. The largest absolute Gasteiger partial charge is 0.360 e. The van der Waals surface area contributed by atoms with E-state index >= 15 is 0 Å². The van der Waals surface area contributed by atoms with Crippen molar-refractivity contribution in [2.24, 2.45) is 5.10 Å². The molecule has 0 saturated carbocycles. The van der Waals surface area contributed by atoms with E-state index in [4.69, 9.17) is 4.52 Å². The Balaban J connectivity index is 1.46. The van der Waals surface area contributed by atoms with Gasteiger partial charge in [-0.25, -0.2) is 0 Å². The average molecular weight is 384 g/mol. The molecule has 1 unspecified atom stereocenters. The number of nitrogens with zero attached hydrogens (tertiary/aromatic N) is 3. The van der Waals surface area contributed by atoms with Gasteiger partial charge in [-0.3, -0.25) is 19.9 Å². The summed E-state index contributed by atoms with van der Waals surface area (Å²) >= 11 is 1.25. The molecule has 2 amide bonds. The van der Waals surface area contributed by atoms with Gasteiger partial charge in [-0.05, 0) is 12.5 Å². The van der Waals surface area contributed by atoms with Gasteiger partial charge >= 0.3 is 0 Å². The molecule has 1 aromatic carbocycles. The Hall–Kier alpha value is -3.27. The maximum atomic E-state index is 12.2. The van der Waals surface area contributed by atoms with Crippen LogP contribution in [0.2, 0.25) is 0 Å². The van der Waals surface area contributed by atoms with Gasteiger partial charge in [0, 0.05) is 12.1 Å². The average Bonchev–Trinajstić information content (AvgIpc) is 3.26. The van der Waals surface area contributed by atoms with Crippen molar-refractivity contribution in [1.82, 2.24) is 20.8 Å². The van der Waals surface area contributed by atoms with Crippen molar-refractivity contribution in [3.05, 3.63) is 53.8 Å². The van der Waals surface area contributed by atoms with Gasteiger partial charge in [-0.1, -0.05) is 47.3 Å². The number of thioether (sulfide) groups is 1. The van der Waals surface area contributed by atoms with Crippen molar-refractivity contribution in [3.8, 4) is 0 Å². The third kappa shape index (κ3) is 3.65. The fourth-order valence-electron chi connectivity index (χ4n) is 2.71. The first-order valence-electron chi connectivity index (χ1n) is 8.16. The molecule has 0 radical (unpaired) electrons. The van der Waals surface area contributed by atoms with Crippen molar-refractivity contribution < 1.29 is 14.1 Å². The van der Waals surface area contributed by atoms with Gasteiger partial charge in [0.1, 0.15) is 5.76 Å². The summed E-state index contributed by atoms with van der Waals surface area (Å²) in [6.07, 6.45) is 1.04. The molecule has 1 atom stereocenters. The monoisotopic (exact) mass is 384 g/mol. The fraction of sp³-hybridized carbons (Fsp3) is 0.176. The number of aromatic nitrogens is 1. The number of rotatable bonds is 4. The van der Waals surface area contributed by atoms with Gasteiger partial charge in [0.25, 0.3) is 0 Å². The molecule has 3 heterocycles. The van der Waals surface area contributed by atoms with E-state index < -0.39 is 6.29 Å². The molecule has 1 aromatic heterocycles. The number of nitrogens with one attached hydrogen (secondary N) is 3. The lowest BCUT2D eigenvalue weighted by Gasteiger charge is -2.32. The van der Waals surface area contributed by atoms with E-state index in [0.717, 1.165) is 5.56 Å². The Kier molecular flexibility index (Phi) is 4.55. The number of hydrazone groups is 1. The third-order valence-electron chi connectivity index (χ3n) is 3.85. The maximum absolute atomic E-state index is 12.2. The van der Waals surface area contributed by atoms with E-state index in [-0.39, 0.29) is 17.6 Å². The molecule has 0 saturated heterocycles. The minimum Gasteiger partial charge on any atom is -0.360 e. The van der Waals surface area contributed by atoms with Crippen molar-refractivity contribution in [1.29, 1.82) is 0 Å². The maximum Gasteiger partial charge on any atom is 0.249 e. The zero-order valence-corrected chi connectivity index (χ0v) is 15.1. The van der Waals surface area contributed by atoms with Crippen molar-refractivity contribution in [2.75, 3.05) is 11.1 Å². The molecular formula is C17H16N6O3S. The number of carbonyl (C=O) groups is 2. The summed E-state index contributed by atoms with van der Waals surface area (Å²) in [7, 11) is 0. The van der Waals surface area contributed by atoms with Crippen LogP contribution in [-0.4, -0.2) is 39.1 Å². The Morgan fingerprint density at radius 1 is 1.37 bits per heavy atom. The molecule has 3 N–H and O–H groups in total. The van der Waals surface area contributed by atoms with Crippen LogP contribution in [0.25, 0.3) is 5.70 Å². The van der Waals surface area contributed by atoms with Crippen LogP contribution in [0.4, 0.5) is 5.82 Å². The summed E-state index contributed by atoms with van der Waals surface area (Å²) in [6, 6.07) is 11.2. The van der Waals surface area contributed by atoms with E-state index in [9.17, 15) is 9.59 Å². The number of fused-ring (bicyclic) bond motifs is 1. The smallest absolute Gasteiger partial charge is 0.249 e. The van der Waals surface area contributed by atoms with E-state index in [1.165, 1.54) is 17.8 Å². The Bertz CT molecular complexity index is 939. The minimum atomic E-state index is -0.485. The first-order valence-corrected chi connectivity index (χ1v) is 9.15. The summed E-state index contributed by atoms with van der Waals surface area (Å²) in [6.45, 7) is 1.75. The second kappa shape index (κ2) is 7.16. The van der Waals surface area contributed by atoms with E-state index in [1.807, 2.05) is 35.2 Å². The molecule has 0 bridgehead atoms. The second-order valence-electron chi connectivity index (χ2n) is 5.86. The Labute approximate surface area is 158 Å². The summed E-state index contributed by atoms with van der Waals surface area (Å²) < 4.78 is 4.93. The molecule has 138 valence electrons. The highest BCUT2D eigenvalue weighted by molar-refractivity contribution is 8.14. The van der Waals surface area contributed by atoms with Crippen LogP contribution in [0.5, 0.6) is 0 Å². The molecule has 0 fully saturated rings. The molecule has 0 aliphatic carbocycles. The lowest BCUT2D eigenvalue weighted by atomic mass is 10.1. The number of hydrogen-bond acceptors (Lipinski definition) is 8. The summed E-state index contributed by atoms with van der Waals surface area (Å²) in [5.41, 5.74) is 4.48. The van der Waals surface area contributed by atoms with Crippen LogP contribution >= 0.6 is 11.8 Å². The zero-order chi connectivity index (χ0) is 18.8. The molecule has 9 nitrogen and oxygen atoms in total. The van der Waals surface area contributed by atoms with Crippen LogP contribution < -0.4 is 16.1 Å². The molecule has 2 aromatic rings. The van der Waals surface area contributed by atoms with Crippen LogP contribution in [-0.2, 0) is 9.59 Å². The summed E-state index contributed by atoms with van der Waals surface area (Å²) in [5.74, 6) is 0.685. The Morgan fingerprint density at radius 3 is 2.93 bits per heavy atom. The Morgan fingerprint density at radius 2 is 2.19 bits per heavy atom. The number of hydrogen-bond donors (Lipinski definition) is 3. The van der Waals surface area contributed by atoms with Crippen molar-refractivity contribution in [2.45, 2.75) is 13.2 Å². The van der Waals surface area contributed by atoms with Gasteiger partial charge in [0.2, 0.25) is 11.8 Å². The highest BCUT2D eigenvalue weighted by Crippen LogP contribution is 2.29. The molecular weight excluding hydrogens is 368 g/mol. The van der Waals surface area contributed by atoms with Gasteiger partial charge < -0.3 is 15.2 Å². The first kappa shape index (κ1) is 17.2. The van der Waals surface area contributed by atoms with Gasteiger partial charge in [-0.15, -0.1) is 0 Å². The number of amidine groups is 1. The van der Waals surface area contributed by atoms with Gasteiger partial charge in [0.15, 0.2) is 17.3 Å². The molecule has 10 heteroatoms. The number of anilines is 1. The number of carbonyl (C=O) groups excluding carboxylic acids is 2. The zero-order valence-electron chi connectivity index (χ0n) is 14.3. The van der Waals surface area contributed by atoms with Crippen LogP contribution in [0, 0.1) is 6.92 Å². The van der Waals surface area contributed by atoms with Gasteiger partial charge in [0.05, 0.1) is 11.4 Å². The SMILES string of the molecule is Cc1cc(NC(=O)CSC2=NNC3NC(=O)C=C(c4ccccc4)N23)no1.